The SMILES string of the molecule is O=C(NC1CCC(=Cc2cccc(Oc3ccc(C(F)(F)F)cn3)c2)CC1)c1ccc(Cl)nc1. The zero-order chi connectivity index (χ0) is 24.1. The number of rotatable bonds is 5. The normalized spacial score (nSPS) is 16.1. The van der Waals surface area contributed by atoms with Gasteiger partial charge in [-0.25, -0.2) is 9.97 Å². The smallest absolute Gasteiger partial charge is 0.417 e. The lowest BCUT2D eigenvalue weighted by Gasteiger charge is -2.25. The summed E-state index contributed by atoms with van der Waals surface area (Å²) < 4.78 is 43.7. The zero-order valence-electron chi connectivity index (χ0n) is 18.0. The van der Waals surface area contributed by atoms with Crippen molar-refractivity contribution in [3.8, 4) is 11.6 Å². The third-order valence-corrected chi connectivity index (χ3v) is 5.69. The number of aromatic nitrogens is 2. The van der Waals surface area contributed by atoms with Crippen LogP contribution in [0.2, 0.25) is 5.15 Å². The van der Waals surface area contributed by atoms with E-state index in [1.165, 1.54) is 17.8 Å². The van der Waals surface area contributed by atoms with Gasteiger partial charge < -0.3 is 10.1 Å². The molecule has 0 radical (unpaired) electrons. The Morgan fingerprint density at radius 3 is 2.50 bits per heavy atom. The summed E-state index contributed by atoms with van der Waals surface area (Å²) >= 11 is 5.76. The molecule has 1 fully saturated rings. The van der Waals surface area contributed by atoms with Crippen LogP contribution in [0, 0.1) is 0 Å². The fraction of sp³-hybridized carbons (Fsp3) is 0.240. The highest BCUT2D eigenvalue weighted by Crippen LogP contribution is 2.31. The first-order valence-electron chi connectivity index (χ1n) is 10.7. The average molecular weight is 488 g/mol. The van der Waals surface area contributed by atoms with E-state index < -0.39 is 11.7 Å². The number of carbonyl (C=O) groups excluding carboxylic acids is 1. The number of benzene rings is 1. The van der Waals surface area contributed by atoms with E-state index in [1.54, 1.807) is 18.2 Å². The predicted molar refractivity (Wildman–Crippen MR) is 123 cm³/mol. The summed E-state index contributed by atoms with van der Waals surface area (Å²) in [4.78, 5) is 20.0. The lowest BCUT2D eigenvalue weighted by Crippen LogP contribution is -2.36. The van der Waals surface area contributed by atoms with Gasteiger partial charge in [0.25, 0.3) is 5.91 Å². The minimum absolute atomic E-state index is 0.0840. The number of amides is 1. The molecule has 176 valence electrons. The number of ether oxygens (including phenoxy) is 1. The molecule has 1 aliphatic rings. The highest BCUT2D eigenvalue weighted by atomic mass is 35.5. The van der Waals surface area contributed by atoms with E-state index in [0.717, 1.165) is 43.5 Å². The van der Waals surface area contributed by atoms with Crippen LogP contribution in [-0.4, -0.2) is 21.9 Å². The van der Waals surface area contributed by atoms with E-state index in [9.17, 15) is 18.0 Å². The Morgan fingerprint density at radius 1 is 1.06 bits per heavy atom. The standard InChI is InChI=1S/C25H21ClF3N3O2/c26-22-10-6-18(14-30-22)24(33)32-20-8-4-16(5-9-20)12-17-2-1-3-21(13-17)34-23-11-7-19(15-31-23)25(27,28)29/h1-3,6-7,10-15,20H,4-5,8-9H2,(H,32,33). The molecule has 1 N–H and O–H groups in total. The van der Waals surface area contributed by atoms with Gasteiger partial charge in [0.2, 0.25) is 5.88 Å². The summed E-state index contributed by atoms with van der Waals surface area (Å²) in [7, 11) is 0. The second-order valence-corrected chi connectivity index (χ2v) is 8.36. The monoisotopic (exact) mass is 487 g/mol. The molecule has 0 aliphatic heterocycles. The van der Waals surface area contributed by atoms with Gasteiger partial charge in [0.1, 0.15) is 10.9 Å². The maximum Gasteiger partial charge on any atom is 0.417 e. The summed E-state index contributed by atoms with van der Waals surface area (Å²) in [6.07, 6.45) is 3.18. The van der Waals surface area contributed by atoms with Crippen LogP contribution in [0.4, 0.5) is 13.2 Å². The number of alkyl halides is 3. The fourth-order valence-corrected chi connectivity index (χ4v) is 3.80. The van der Waals surface area contributed by atoms with E-state index in [2.05, 4.69) is 21.4 Å². The van der Waals surface area contributed by atoms with Gasteiger partial charge in [-0.3, -0.25) is 4.79 Å². The number of hydrogen-bond donors (Lipinski definition) is 1. The summed E-state index contributed by atoms with van der Waals surface area (Å²) in [5.41, 5.74) is 1.83. The molecule has 9 heteroatoms. The Hall–Kier alpha value is -3.39. The first-order chi connectivity index (χ1) is 16.3. The van der Waals surface area contributed by atoms with Gasteiger partial charge in [0.15, 0.2) is 0 Å². The third kappa shape index (κ3) is 6.35. The number of halogens is 4. The molecule has 1 saturated carbocycles. The van der Waals surface area contributed by atoms with Crippen molar-refractivity contribution in [2.45, 2.75) is 37.9 Å². The van der Waals surface area contributed by atoms with Gasteiger partial charge in [0, 0.05) is 24.5 Å². The summed E-state index contributed by atoms with van der Waals surface area (Å²) in [6, 6.07) is 12.7. The number of pyridine rings is 2. The molecular formula is C25H21ClF3N3O2. The highest BCUT2D eigenvalue weighted by molar-refractivity contribution is 6.29. The Labute approximate surface area is 199 Å². The quantitative estimate of drug-likeness (QED) is 0.407. The highest BCUT2D eigenvalue weighted by Gasteiger charge is 2.30. The summed E-state index contributed by atoms with van der Waals surface area (Å²) in [5, 5.41) is 3.38. The van der Waals surface area contributed by atoms with Crippen LogP contribution < -0.4 is 10.1 Å². The average Bonchev–Trinajstić information content (AvgIpc) is 2.81. The number of nitrogens with zero attached hydrogens (tertiary/aromatic N) is 2. The van der Waals surface area contributed by atoms with Crippen molar-refractivity contribution in [2.75, 3.05) is 0 Å². The molecule has 2 aromatic heterocycles. The second-order valence-electron chi connectivity index (χ2n) is 7.98. The van der Waals surface area contributed by atoms with Gasteiger partial charge in [-0.05, 0) is 61.6 Å². The van der Waals surface area contributed by atoms with Crippen molar-refractivity contribution < 1.29 is 22.7 Å². The Balaban J connectivity index is 1.33. The topological polar surface area (TPSA) is 64.1 Å². The molecule has 1 amide bonds. The molecule has 3 aromatic rings. The van der Waals surface area contributed by atoms with Crippen molar-refractivity contribution >= 4 is 23.6 Å². The third-order valence-electron chi connectivity index (χ3n) is 5.47. The van der Waals surface area contributed by atoms with Crippen LogP contribution >= 0.6 is 11.6 Å². The van der Waals surface area contributed by atoms with E-state index in [0.29, 0.717) is 16.5 Å². The zero-order valence-corrected chi connectivity index (χ0v) is 18.7. The summed E-state index contributed by atoms with van der Waals surface area (Å²) in [5.74, 6) is 0.410. The molecule has 0 saturated heterocycles. The molecule has 0 spiro atoms. The Bertz CT molecular complexity index is 1170. The number of nitrogens with one attached hydrogen (secondary N) is 1. The molecule has 5 nitrogen and oxygen atoms in total. The molecule has 4 rings (SSSR count). The molecule has 0 unspecified atom stereocenters. The molecule has 0 bridgehead atoms. The predicted octanol–water partition coefficient (Wildman–Crippen LogP) is 6.70. The lowest BCUT2D eigenvalue weighted by molar-refractivity contribution is -0.137. The minimum Gasteiger partial charge on any atom is -0.439 e. The van der Waals surface area contributed by atoms with E-state index in [4.69, 9.17) is 16.3 Å². The maximum absolute atomic E-state index is 12.7. The molecular weight excluding hydrogens is 467 g/mol. The van der Waals surface area contributed by atoms with Gasteiger partial charge in [-0.1, -0.05) is 35.4 Å². The Morgan fingerprint density at radius 2 is 1.85 bits per heavy atom. The lowest BCUT2D eigenvalue weighted by atomic mass is 9.89. The van der Waals surface area contributed by atoms with Crippen LogP contribution in [0.5, 0.6) is 11.6 Å². The van der Waals surface area contributed by atoms with Crippen molar-refractivity contribution in [3.05, 3.63) is 88.3 Å². The van der Waals surface area contributed by atoms with Crippen LogP contribution in [0.3, 0.4) is 0 Å². The van der Waals surface area contributed by atoms with Crippen molar-refractivity contribution in [3.63, 3.8) is 0 Å². The fourth-order valence-electron chi connectivity index (χ4n) is 3.69. The summed E-state index contributed by atoms with van der Waals surface area (Å²) in [6.45, 7) is 0. The first-order valence-corrected chi connectivity index (χ1v) is 11.1. The molecule has 34 heavy (non-hydrogen) atoms. The second kappa shape index (κ2) is 10.3. The molecule has 1 aliphatic carbocycles. The van der Waals surface area contributed by atoms with Gasteiger partial charge >= 0.3 is 6.18 Å². The largest absolute Gasteiger partial charge is 0.439 e. The Kier molecular flexibility index (Phi) is 7.17. The molecule has 2 heterocycles. The maximum atomic E-state index is 12.7. The van der Waals surface area contributed by atoms with Crippen LogP contribution in [-0.2, 0) is 6.18 Å². The van der Waals surface area contributed by atoms with E-state index in [-0.39, 0.29) is 17.8 Å². The van der Waals surface area contributed by atoms with E-state index >= 15 is 0 Å². The molecule has 0 atom stereocenters. The number of hydrogen-bond acceptors (Lipinski definition) is 4. The van der Waals surface area contributed by atoms with Crippen molar-refractivity contribution in [1.29, 1.82) is 0 Å². The van der Waals surface area contributed by atoms with Gasteiger partial charge in [0.05, 0.1) is 11.1 Å². The minimum atomic E-state index is -4.44. The van der Waals surface area contributed by atoms with Crippen LogP contribution in [0.1, 0.15) is 47.2 Å². The van der Waals surface area contributed by atoms with Crippen molar-refractivity contribution in [2.24, 2.45) is 0 Å². The van der Waals surface area contributed by atoms with Crippen molar-refractivity contribution in [1.82, 2.24) is 15.3 Å². The van der Waals surface area contributed by atoms with E-state index in [1.807, 2.05) is 18.2 Å². The number of carbonyl (C=O) groups is 1. The van der Waals surface area contributed by atoms with Crippen LogP contribution in [0.15, 0.2) is 66.5 Å². The van der Waals surface area contributed by atoms with Gasteiger partial charge in [-0.2, -0.15) is 13.2 Å². The first kappa shape index (κ1) is 23.8. The van der Waals surface area contributed by atoms with Crippen LogP contribution in [0.25, 0.3) is 6.08 Å². The molecule has 1 aromatic carbocycles. The van der Waals surface area contributed by atoms with Gasteiger partial charge in [-0.15, -0.1) is 0 Å². The number of allylic oxidation sites excluding steroid dienone is 1.